The van der Waals surface area contributed by atoms with Gasteiger partial charge in [0.1, 0.15) is 6.04 Å². The average Bonchev–Trinajstić information content (AvgIpc) is 2.35. The first-order valence-corrected chi connectivity index (χ1v) is 6.46. The molecule has 2 N–H and O–H groups in total. The Labute approximate surface area is 120 Å². The van der Waals surface area contributed by atoms with Crippen LogP contribution < -0.4 is 10.2 Å². The summed E-state index contributed by atoms with van der Waals surface area (Å²) in [5, 5.41) is 12.3. The van der Waals surface area contributed by atoms with Crippen LogP contribution in [0.25, 0.3) is 0 Å². The van der Waals surface area contributed by atoms with Gasteiger partial charge >= 0.3 is 5.97 Å². The number of carboxylic acid groups (broad SMARTS) is 1. The fourth-order valence-corrected chi connectivity index (χ4v) is 2.35. The molecule has 1 amide bonds. The average molecular weight is 303 g/mol. The number of rotatable bonds is 3. The predicted octanol–water partition coefficient (Wildman–Crippen LogP) is 1.77. The Balaban J connectivity index is 2.30. The van der Waals surface area contributed by atoms with Crippen LogP contribution in [-0.4, -0.2) is 36.1 Å². The molecule has 0 aliphatic carbocycles. The third-order valence-corrected chi connectivity index (χ3v) is 3.67. The van der Waals surface area contributed by atoms with Crippen LogP contribution in [0.4, 0.5) is 5.69 Å². The lowest BCUT2D eigenvalue weighted by atomic mass is 10.1. The molecule has 0 radical (unpaired) electrons. The number of aliphatic carboxylic acids is 1. The first-order chi connectivity index (χ1) is 8.99. The van der Waals surface area contributed by atoms with Gasteiger partial charge in [-0.1, -0.05) is 23.2 Å². The highest BCUT2D eigenvalue weighted by molar-refractivity contribution is 6.42. The lowest BCUT2D eigenvalue weighted by molar-refractivity contribution is -0.139. The number of carboxylic acids is 1. The Bertz CT molecular complexity index is 522. The van der Waals surface area contributed by atoms with Crippen molar-refractivity contribution in [2.24, 2.45) is 0 Å². The number of carbonyl (C=O) groups excluding carboxylic acids is 1. The minimum atomic E-state index is -1.02. The second kappa shape index (κ2) is 5.67. The molecular formula is C12H12Cl2N2O3. The number of piperazine rings is 1. The Morgan fingerprint density at radius 1 is 1.42 bits per heavy atom. The van der Waals surface area contributed by atoms with Gasteiger partial charge in [0.2, 0.25) is 5.91 Å². The Morgan fingerprint density at radius 2 is 2.16 bits per heavy atom. The first-order valence-electron chi connectivity index (χ1n) is 5.70. The summed E-state index contributed by atoms with van der Waals surface area (Å²) in [6.45, 7) is 0.997. The predicted molar refractivity (Wildman–Crippen MR) is 72.9 cm³/mol. The molecule has 0 spiro atoms. The molecule has 1 aromatic rings. The van der Waals surface area contributed by atoms with Crippen molar-refractivity contribution in [2.45, 2.75) is 12.5 Å². The molecule has 1 fully saturated rings. The van der Waals surface area contributed by atoms with E-state index >= 15 is 0 Å². The highest BCUT2D eigenvalue weighted by Gasteiger charge is 2.31. The van der Waals surface area contributed by atoms with Gasteiger partial charge in [0.15, 0.2) is 0 Å². The van der Waals surface area contributed by atoms with Crippen LogP contribution in [0.15, 0.2) is 18.2 Å². The van der Waals surface area contributed by atoms with Crippen molar-refractivity contribution in [3.05, 3.63) is 28.2 Å². The van der Waals surface area contributed by atoms with Crippen molar-refractivity contribution in [1.29, 1.82) is 0 Å². The molecule has 0 saturated carbocycles. The van der Waals surface area contributed by atoms with Crippen LogP contribution in [0, 0.1) is 0 Å². The summed E-state index contributed by atoms with van der Waals surface area (Å²) in [7, 11) is 0. The molecule has 1 unspecified atom stereocenters. The number of nitrogens with zero attached hydrogens (tertiary/aromatic N) is 1. The number of amides is 1. The highest BCUT2D eigenvalue weighted by Crippen LogP contribution is 2.29. The normalized spacial score (nSPS) is 19.2. The van der Waals surface area contributed by atoms with Gasteiger partial charge in [0.05, 0.1) is 16.5 Å². The zero-order valence-electron chi connectivity index (χ0n) is 9.90. The summed E-state index contributed by atoms with van der Waals surface area (Å²) in [4.78, 5) is 24.4. The molecule has 7 heteroatoms. The van der Waals surface area contributed by atoms with Gasteiger partial charge in [0.25, 0.3) is 0 Å². The number of nitrogens with one attached hydrogen (secondary N) is 1. The number of hydrogen-bond donors (Lipinski definition) is 2. The number of benzene rings is 1. The Morgan fingerprint density at radius 3 is 2.79 bits per heavy atom. The second-order valence-electron chi connectivity index (χ2n) is 4.20. The van der Waals surface area contributed by atoms with Crippen LogP contribution >= 0.6 is 23.2 Å². The summed E-state index contributed by atoms with van der Waals surface area (Å²) >= 11 is 11.8. The minimum absolute atomic E-state index is 0.258. The first kappa shape index (κ1) is 14.0. The highest BCUT2D eigenvalue weighted by atomic mass is 35.5. The van der Waals surface area contributed by atoms with Gasteiger partial charge in [-0.15, -0.1) is 0 Å². The van der Waals surface area contributed by atoms with E-state index in [-0.39, 0.29) is 12.3 Å². The van der Waals surface area contributed by atoms with Crippen molar-refractivity contribution >= 4 is 40.8 Å². The summed E-state index contributed by atoms with van der Waals surface area (Å²) in [6.07, 6.45) is -0.258. The van der Waals surface area contributed by atoms with Gasteiger partial charge in [-0.25, -0.2) is 0 Å². The number of carbonyl (C=O) groups is 2. The van der Waals surface area contributed by atoms with Crippen LogP contribution in [0.2, 0.25) is 10.0 Å². The van der Waals surface area contributed by atoms with Gasteiger partial charge in [0, 0.05) is 18.8 Å². The van der Waals surface area contributed by atoms with E-state index in [0.717, 1.165) is 0 Å². The van der Waals surface area contributed by atoms with E-state index < -0.39 is 12.0 Å². The maximum atomic E-state index is 11.8. The molecule has 0 aromatic heterocycles. The van der Waals surface area contributed by atoms with Crippen LogP contribution in [-0.2, 0) is 9.59 Å². The molecule has 5 nitrogen and oxygen atoms in total. The smallest absolute Gasteiger partial charge is 0.305 e. The van der Waals surface area contributed by atoms with Crippen molar-refractivity contribution in [2.75, 3.05) is 18.0 Å². The van der Waals surface area contributed by atoms with Crippen LogP contribution in [0.3, 0.4) is 0 Å². The topological polar surface area (TPSA) is 69.6 Å². The lowest BCUT2D eigenvalue weighted by Gasteiger charge is -2.36. The molecule has 1 aromatic carbocycles. The molecule has 1 atom stereocenters. The standard InChI is InChI=1S/C12H12Cl2N2O3/c13-8-2-1-7(5-9(8)14)16-4-3-15-12(19)10(16)6-11(17)18/h1-2,5,10H,3-4,6H2,(H,15,19)(H,17,18). The van der Waals surface area contributed by atoms with E-state index in [0.29, 0.717) is 28.8 Å². The molecule has 19 heavy (non-hydrogen) atoms. The van der Waals surface area contributed by atoms with E-state index in [1.54, 1.807) is 23.1 Å². The monoisotopic (exact) mass is 302 g/mol. The second-order valence-corrected chi connectivity index (χ2v) is 5.01. The maximum Gasteiger partial charge on any atom is 0.305 e. The number of halogens is 2. The molecular weight excluding hydrogens is 291 g/mol. The van der Waals surface area contributed by atoms with Gasteiger partial charge in [-0.2, -0.15) is 0 Å². The van der Waals surface area contributed by atoms with Crippen LogP contribution in [0.1, 0.15) is 6.42 Å². The summed E-state index contributed by atoms with van der Waals surface area (Å²) < 4.78 is 0. The van der Waals surface area contributed by atoms with Crippen molar-refractivity contribution in [1.82, 2.24) is 5.32 Å². The summed E-state index contributed by atoms with van der Waals surface area (Å²) in [5.41, 5.74) is 0.690. The fraction of sp³-hybridized carbons (Fsp3) is 0.333. The zero-order valence-corrected chi connectivity index (χ0v) is 11.4. The quantitative estimate of drug-likeness (QED) is 0.893. The van der Waals surface area contributed by atoms with Crippen molar-refractivity contribution < 1.29 is 14.7 Å². The maximum absolute atomic E-state index is 11.8. The Kier molecular flexibility index (Phi) is 4.17. The zero-order chi connectivity index (χ0) is 14.0. The minimum Gasteiger partial charge on any atom is -0.481 e. The summed E-state index contributed by atoms with van der Waals surface area (Å²) in [5.74, 6) is -1.31. The van der Waals surface area contributed by atoms with E-state index in [9.17, 15) is 9.59 Å². The molecule has 1 saturated heterocycles. The molecule has 0 bridgehead atoms. The number of anilines is 1. The van der Waals surface area contributed by atoms with Gasteiger partial charge < -0.3 is 15.3 Å². The SMILES string of the molecule is O=C(O)CC1C(=O)NCCN1c1ccc(Cl)c(Cl)c1. The van der Waals surface area contributed by atoms with E-state index in [2.05, 4.69) is 5.32 Å². The third kappa shape index (κ3) is 3.11. The molecule has 102 valence electrons. The third-order valence-electron chi connectivity index (χ3n) is 2.93. The molecule has 1 heterocycles. The molecule has 2 rings (SSSR count). The molecule has 1 aliphatic heterocycles. The summed E-state index contributed by atoms with van der Waals surface area (Å²) in [6, 6.07) is 4.26. The van der Waals surface area contributed by atoms with Crippen LogP contribution in [0.5, 0.6) is 0 Å². The van der Waals surface area contributed by atoms with Gasteiger partial charge in [-0.05, 0) is 18.2 Å². The largest absolute Gasteiger partial charge is 0.481 e. The van der Waals surface area contributed by atoms with E-state index in [4.69, 9.17) is 28.3 Å². The fourth-order valence-electron chi connectivity index (χ4n) is 2.06. The van der Waals surface area contributed by atoms with Gasteiger partial charge in [-0.3, -0.25) is 9.59 Å². The van der Waals surface area contributed by atoms with Crippen molar-refractivity contribution in [3.8, 4) is 0 Å². The van der Waals surface area contributed by atoms with Crippen molar-refractivity contribution in [3.63, 3.8) is 0 Å². The Hall–Kier alpha value is -1.46. The lowest BCUT2D eigenvalue weighted by Crippen LogP contribution is -2.56. The number of hydrogen-bond acceptors (Lipinski definition) is 3. The van der Waals surface area contributed by atoms with E-state index in [1.165, 1.54) is 0 Å². The van der Waals surface area contributed by atoms with E-state index in [1.807, 2.05) is 0 Å². The molecule has 1 aliphatic rings.